The van der Waals surface area contributed by atoms with E-state index in [1.54, 1.807) is 0 Å². The number of benzene rings is 1. The van der Waals surface area contributed by atoms with Gasteiger partial charge >= 0.3 is 0 Å². The van der Waals surface area contributed by atoms with Crippen LogP contribution >= 0.6 is 0 Å². The lowest BCUT2D eigenvalue weighted by atomic mass is 10.2. The molecule has 1 aliphatic rings. The maximum Gasteiger partial charge on any atom is 0.134 e. The van der Waals surface area contributed by atoms with Crippen LogP contribution in [-0.4, -0.2) is 12.6 Å². The van der Waals surface area contributed by atoms with Crippen molar-refractivity contribution in [2.75, 3.05) is 6.61 Å². The van der Waals surface area contributed by atoms with Crippen molar-refractivity contribution in [2.24, 2.45) is 0 Å². The maximum atomic E-state index is 5.54. The van der Waals surface area contributed by atoms with E-state index in [2.05, 4.69) is 24.4 Å². The van der Waals surface area contributed by atoms with Gasteiger partial charge in [0.1, 0.15) is 6.23 Å². The second-order valence-corrected chi connectivity index (χ2v) is 3.19. The molecule has 0 unspecified atom stereocenters. The van der Waals surface area contributed by atoms with Gasteiger partial charge in [-0.05, 0) is 12.5 Å². The first-order valence-corrected chi connectivity index (χ1v) is 4.29. The zero-order chi connectivity index (χ0) is 8.39. The molecule has 0 bridgehead atoms. The van der Waals surface area contributed by atoms with Crippen LogP contribution in [0.2, 0.25) is 0 Å². The smallest absolute Gasteiger partial charge is 0.134 e. The number of nitrogens with one attached hydrogen (secondary N) is 1. The summed E-state index contributed by atoms with van der Waals surface area (Å²) in [5, 5.41) is 3.35. The molecule has 12 heavy (non-hydrogen) atoms. The molecule has 0 amide bonds. The Morgan fingerprint density at radius 3 is 2.67 bits per heavy atom. The third kappa shape index (κ3) is 1.49. The van der Waals surface area contributed by atoms with E-state index in [0.29, 0.717) is 6.04 Å². The first-order valence-electron chi connectivity index (χ1n) is 4.29. The summed E-state index contributed by atoms with van der Waals surface area (Å²) in [6.45, 7) is 2.93. The molecular weight excluding hydrogens is 150 g/mol. The summed E-state index contributed by atoms with van der Waals surface area (Å²) in [5.41, 5.74) is 1.21. The Kier molecular flexibility index (Phi) is 2.11. The van der Waals surface area contributed by atoms with Gasteiger partial charge in [0.25, 0.3) is 0 Å². The number of rotatable bonds is 1. The van der Waals surface area contributed by atoms with Crippen LogP contribution in [0.5, 0.6) is 0 Å². The zero-order valence-electron chi connectivity index (χ0n) is 7.16. The predicted octanol–water partition coefficient (Wildman–Crippen LogP) is 1.69. The molecule has 1 aromatic rings. The van der Waals surface area contributed by atoms with E-state index >= 15 is 0 Å². The van der Waals surface area contributed by atoms with E-state index in [0.717, 1.165) is 6.61 Å². The summed E-state index contributed by atoms with van der Waals surface area (Å²) in [5.74, 6) is 0. The zero-order valence-corrected chi connectivity index (χ0v) is 7.16. The largest absolute Gasteiger partial charge is 0.357 e. The van der Waals surface area contributed by atoms with Crippen molar-refractivity contribution in [1.82, 2.24) is 5.32 Å². The molecule has 0 aromatic heterocycles. The topological polar surface area (TPSA) is 21.3 Å². The second kappa shape index (κ2) is 3.25. The lowest BCUT2D eigenvalue weighted by Gasteiger charge is -2.09. The summed E-state index contributed by atoms with van der Waals surface area (Å²) >= 11 is 0. The van der Waals surface area contributed by atoms with Crippen LogP contribution in [0.1, 0.15) is 18.7 Å². The van der Waals surface area contributed by atoms with Crippen LogP contribution in [-0.2, 0) is 4.74 Å². The third-order valence-corrected chi connectivity index (χ3v) is 2.05. The van der Waals surface area contributed by atoms with Crippen LogP contribution in [0.4, 0.5) is 0 Å². The van der Waals surface area contributed by atoms with Crippen LogP contribution in [0.3, 0.4) is 0 Å². The number of hydrogen-bond acceptors (Lipinski definition) is 2. The van der Waals surface area contributed by atoms with Gasteiger partial charge in [-0.1, -0.05) is 30.3 Å². The van der Waals surface area contributed by atoms with Gasteiger partial charge in [0, 0.05) is 6.04 Å². The summed E-state index contributed by atoms with van der Waals surface area (Å²) < 4.78 is 5.54. The Bertz CT molecular complexity index is 247. The Labute approximate surface area is 72.5 Å². The highest BCUT2D eigenvalue weighted by Crippen LogP contribution is 2.19. The van der Waals surface area contributed by atoms with Gasteiger partial charge in [0.2, 0.25) is 0 Å². The van der Waals surface area contributed by atoms with Crippen molar-refractivity contribution in [3.63, 3.8) is 0 Å². The van der Waals surface area contributed by atoms with Gasteiger partial charge in [0.15, 0.2) is 0 Å². The summed E-state index contributed by atoms with van der Waals surface area (Å²) in [6, 6.07) is 10.7. The SMILES string of the molecule is C[C@H]1CO[C@@H](c2ccccc2)N1. The van der Waals surface area contributed by atoms with E-state index in [1.165, 1.54) is 5.56 Å². The highest BCUT2D eigenvalue weighted by Gasteiger charge is 2.21. The molecule has 1 aliphatic heterocycles. The first kappa shape index (κ1) is 7.77. The highest BCUT2D eigenvalue weighted by atomic mass is 16.5. The molecule has 1 aromatic carbocycles. The molecule has 2 atom stereocenters. The van der Waals surface area contributed by atoms with Crippen LogP contribution in [0, 0.1) is 0 Å². The van der Waals surface area contributed by atoms with E-state index in [9.17, 15) is 0 Å². The van der Waals surface area contributed by atoms with Crippen molar-refractivity contribution in [2.45, 2.75) is 19.2 Å². The lowest BCUT2D eigenvalue weighted by Crippen LogP contribution is -2.22. The second-order valence-electron chi connectivity index (χ2n) is 3.19. The van der Waals surface area contributed by atoms with Crippen molar-refractivity contribution in [3.8, 4) is 0 Å². The number of hydrogen-bond donors (Lipinski definition) is 1. The fourth-order valence-electron chi connectivity index (χ4n) is 1.42. The van der Waals surface area contributed by atoms with Crippen molar-refractivity contribution in [3.05, 3.63) is 35.9 Å². The first-order chi connectivity index (χ1) is 5.86. The van der Waals surface area contributed by atoms with Gasteiger partial charge in [-0.25, -0.2) is 0 Å². The fourth-order valence-corrected chi connectivity index (χ4v) is 1.42. The fraction of sp³-hybridized carbons (Fsp3) is 0.400. The molecule has 1 heterocycles. The monoisotopic (exact) mass is 163 g/mol. The molecule has 0 spiro atoms. The standard InChI is InChI=1S/C10H13NO/c1-8-7-12-10(11-8)9-5-3-2-4-6-9/h2-6,8,10-11H,7H2,1H3/t8-,10-/m0/s1. The summed E-state index contributed by atoms with van der Waals surface area (Å²) in [6.07, 6.45) is 0.0983. The predicted molar refractivity (Wildman–Crippen MR) is 47.7 cm³/mol. The van der Waals surface area contributed by atoms with E-state index in [-0.39, 0.29) is 6.23 Å². The highest BCUT2D eigenvalue weighted by molar-refractivity contribution is 5.17. The van der Waals surface area contributed by atoms with E-state index in [4.69, 9.17) is 4.74 Å². The van der Waals surface area contributed by atoms with Crippen molar-refractivity contribution < 1.29 is 4.74 Å². The maximum absolute atomic E-state index is 5.54. The third-order valence-electron chi connectivity index (χ3n) is 2.05. The van der Waals surface area contributed by atoms with E-state index in [1.807, 2.05) is 18.2 Å². The molecule has 2 rings (SSSR count). The molecule has 1 N–H and O–H groups in total. The van der Waals surface area contributed by atoms with Crippen LogP contribution in [0.15, 0.2) is 30.3 Å². The average molecular weight is 163 g/mol. The van der Waals surface area contributed by atoms with Gasteiger partial charge < -0.3 is 4.74 Å². The van der Waals surface area contributed by atoms with Crippen LogP contribution < -0.4 is 5.32 Å². The molecule has 1 saturated heterocycles. The lowest BCUT2D eigenvalue weighted by molar-refractivity contribution is 0.101. The molecule has 2 nitrogen and oxygen atoms in total. The molecule has 0 radical (unpaired) electrons. The minimum absolute atomic E-state index is 0.0983. The minimum atomic E-state index is 0.0983. The minimum Gasteiger partial charge on any atom is -0.357 e. The van der Waals surface area contributed by atoms with Crippen molar-refractivity contribution >= 4 is 0 Å². The van der Waals surface area contributed by atoms with Crippen LogP contribution in [0.25, 0.3) is 0 Å². The molecule has 1 fully saturated rings. The Balaban J connectivity index is 2.11. The summed E-state index contributed by atoms with van der Waals surface area (Å²) in [4.78, 5) is 0. The van der Waals surface area contributed by atoms with Gasteiger partial charge in [0.05, 0.1) is 6.61 Å². The molecule has 0 aliphatic carbocycles. The molecule has 2 heteroatoms. The van der Waals surface area contributed by atoms with Crippen molar-refractivity contribution in [1.29, 1.82) is 0 Å². The Hall–Kier alpha value is -0.860. The van der Waals surface area contributed by atoms with Gasteiger partial charge in [-0.15, -0.1) is 0 Å². The quantitative estimate of drug-likeness (QED) is 0.680. The Morgan fingerprint density at radius 1 is 1.33 bits per heavy atom. The molecule has 0 saturated carbocycles. The van der Waals surface area contributed by atoms with Gasteiger partial charge in [-0.2, -0.15) is 0 Å². The van der Waals surface area contributed by atoms with E-state index < -0.39 is 0 Å². The molecular formula is C10H13NO. The average Bonchev–Trinajstić information content (AvgIpc) is 2.54. The van der Waals surface area contributed by atoms with Gasteiger partial charge in [-0.3, -0.25) is 5.32 Å². The molecule has 64 valence electrons. The normalized spacial score (nSPS) is 29.1. The number of ether oxygens (including phenoxy) is 1. The summed E-state index contributed by atoms with van der Waals surface area (Å²) in [7, 11) is 0. The Morgan fingerprint density at radius 2 is 2.08 bits per heavy atom.